The van der Waals surface area contributed by atoms with Gasteiger partial charge in [-0.25, -0.2) is 5.43 Å². The maximum Gasteiger partial charge on any atom is 0.277 e. The van der Waals surface area contributed by atoms with Crippen LogP contribution in [-0.4, -0.2) is 30.4 Å². The zero-order valence-corrected chi connectivity index (χ0v) is 19.9. The van der Waals surface area contributed by atoms with E-state index < -0.39 is 0 Å². The minimum absolute atomic E-state index is 0.00853. The number of nitrogens with zero attached hydrogens (tertiary/aromatic N) is 1. The van der Waals surface area contributed by atoms with Crippen LogP contribution in [0.2, 0.25) is 0 Å². The van der Waals surface area contributed by atoms with Crippen molar-refractivity contribution in [1.29, 1.82) is 0 Å². The number of hydrazone groups is 1. The van der Waals surface area contributed by atoms with E-state index in [2.05, 4.69) is 63.2 Å². The maximum atomic E-state index is 12.0. The van der Waals surface area contributed by atoms with Crippen molar-refractivity contribution in [3.63, 3.8) is 0 Å². The molecule has 0 aliphatic heterocycles. The molecule has 2 rings (SSSR count). The molecule has 0 heterocycles. The number of aromatic hydroxyl groups is 1. The lowest BCUT2D eigenvalue weighted by molar-refractivity contribution is -0.123. The zero-order valence-electron chi connectivity index (χ0n) is 16.8. The highest BCUT2D eigenvalue weighted by Gasteiger charge is 2.15. The van der Waals surface area contributed by atoms with Gasteiger partial charge in [-0.3, -0.25) is 4.79 Å². The predicted molar refractivity (Wildman–Crippen MR) is 121 cm³/mol. The van der Waals surface area contributed by atoms with Gasteiger partial charge in [0.15, 0.2) is 18.1 Å². The van der Waals surface area contributed by atoms with Crippen molar-refractivity contribution in [1.82, 2.24) is 5.43 Å². The van der Waals surface area contributed by atoms with Crippen LogP contribution in [-0.2, 0) is 10.2 Å². The van der Waals surface area contributed by atoms with Crippen LogP contribution in [0, 0.1) is 0 Å². The molecule has 0 radical (unpaired) electrons. The van der Waals surface area contributed by atoms with E-state index in [1.807, 2.05) is 31.2 Å². The number of hydrogen-bond donors (Lipinski definition) is 2. The van der Waals surface area contributed by atoms with E-state index in [1.165, 1.54) is 11.8 Å². The van der Waals surface area contributed by atoms with Gasteiger partial charge in [-0.1, -0.05) is 32.9 Å². The van der Waals surface area contributed by atoms with Crippen molar-refractivity contribution in [3.8, 4) is 17.2 Å². The molecule has 156 valence electrons. The van der Waals surface area contributed by atoms with E-state index in [-0.39, 0.29) is 23.7 Å². The zero-order chi connectivity index (χ0) is 21.6. The Balaban J connectivity index is 1.94. The van der Waals surface area contributed by atoms with Gasteiger partial charge < -0.3 is 14.6 Å². The molecule has 0 bridgehead atoms. The fraction of sp³-hybridized carbons (Fsp3) is 0.333. The molecule has 8 heteroatoms. The van der Waals surface area contributed by atoms with Crippen LogP contribution < -0.4 is 14.9 Å². The summed E-state index contributed by atoms with van der Waals surface area (Å²) in [6.07, 6.45) is 1.45. The fourth-order valence-electron chi connectivity index (χ4n) is 2.38. The van der Waals surface area contributed by atoms with E-state index in [0.717, 1.165) is 0 Å². The van der Waals surface area contributed by atoms with Crippen molar-refractivity contribution in [3.05, 3.63) is 50.4 Å². The highest BCUT2D eigenvalue weighted by Crippen LogP contribution is 2.41. The van der Waals surface area contributed by atoms with Crippen LogP contribution in [0.15, 0.2) is 44.4 Å². The average Bonchev–Trinajstić information content (AvgIpc) is 2.68. The number of hydrogen-bond acceptors (Lipinski definition) is 5. The minimum atomic E-state index is -0.389. The molecular formula is C21H24Br2N2O4. The molecule has 0 atom stereocenters. The number of carbonyl (C=O) groups is 1. The second-order valence-corrected chi connectivity index (χ2v) is 8.82. The summed E-state index contributed by atoms with van der Waals surface area (Å²) < 4.78 is 11.9. The van der Waals surface area contributed by atoms with Gasteiger partial charge >= 0.3 is 0 Å². The minimum Gasteiger partial charge on any atom is -0.503 e. The summed E-state index contributed by atoms with van der Waals surface area (Å²) in [6.45, 7) is 8.48. The molecule has 0 aliphatic rings. The second kappa shape index (κ2) is 10.1. The van der Waals surface area contributed by atoms with Crippen molar-refractivity contribution in [2.45, 2.75) is 33.1 Å². The summed E-state index contributed by atoms with van der Waals surface area (Å²) >= 11 is 6.67. The molecule has 0 aliphatic carbocycles. The monoisotopic (exact) mass is 526 g/mol. The number of halogens is 2. The Morgan fingerprint density at radius 2 is 1.83 bits per heavy atom. The number of amides is 1. The van der Waals surface area contributed by atoms with E-state index in [0.29, 0.717) is 32.6 Å². The summed E-state index contributed by atoms with van der Waals surface area (Å²) in [5, 5.41) is 14.0. The molecule has 29 heavy (non-hydrogen) atoms. The Morgan fingerprint density at radius 1 is 1.17 bits per heavy atom. The molecule has 2 N–H and O–H groups in total. The van der Waals surface area contributed by atoms with Crippen LogP contribution in [0.1, 0.15) is 38.8 Å². The lowest BCUT2D eigenvalue weighted by Gasteiger charge is -2.19. The van der Waals surface area contributed by atoms with Crippen molar-refractivity contribution in [2.75, 3.05) is 13.2 Å². The third-order valence-corrected chi connectivity index (χ3v) is 6.12. The number of carbonyl (C=O) groups excluding carboxylic acids is 1. The second-order valence-electron chi connectivity index (χ2n) is 7.23. The van der Waals surface area contributed by atoms with E-state index in [9.17, 15) is 9.90 Å². The van der Waals surface area contributed by atoms with Crippen molar-refractivity contribution < 1.29 is 19.4 Å². The summed E-state index contributed by atoms with van der Waals surface area (Å²) in [5.74, 6) is 0.534. The molecule has 6 nitrogen and oxygen atoms in total. The molecule has 1 amide bonds. The standard InChI is InChI=1S/C21H24Br2N2O4/c1-5-28-16-10-13(18(22)19(23)20(16)27)11-24-25-17(26)12-29-15-8-6-14(7-9-15)21(2,3)4/h6-11,27H,5,12H2,1-4H3,(H,25,26). The molecular weight excluding hydrogens is 504 g/mol. The van der Waals surface area contributed by atoms with Gasteiger partial charge in [0.25, 0.3) is 5.91 Å². The molecule has 0 spiro atoms. The average molecular weight is 528 g/mol. The summed E-state index contributed by atoms with van der Waals surface area (Å²) in [5.41, 5.74) is 4.29. The molecule has 0 unspecified atom stereocenters. The van der Waals surface area contributed by atoms with Crippen LogP contribution in [0.5, 0.6) is 17.2 Å². The number of ether oxygens (including phenoxy) is 2. The topological polar surface area (TPSA) is 80.2 Å². The van der Waals surface area contributed by atoms with E-state index >= 15 is 0 Å². The van der Waals surface area contributed by atoms with Gasteiger partial charge in [-0.05, 0) is 68.0 Å². The Labute approximate surface area is 187 Å². The van der Waals surface area contributed by atoms with Crippen LogP contribution >= 0.6 is 31.9 Å². The number of rotatable bonds is 7. The number of benzene rings is 2. The molecule has 0 saturated heterocycles. The maximum absolute atomic E-state index is 12.0. The number of phenolic OH excluding ortho intramolecular Hbond substituents is 1. The van der Waals surface area contributed by atoms with Crippen molar-refractivity contribution in [2.24, 2.45) is 5.10 Å². The number of nitrogens with one attached hydrogen (secondary N) is 1. The summed E-state index contributed by atoms with van der Waals surface area (Å²) in [6, 6.07) is 9.29. The van der Waals surface area contributed by atoms with Gasteiger partial charge in [-0.15, -0.1) is 0 Å². The Hall–Kier alpha value is -2.06. The smallest absolute Gasteiger partial charge is 0.277 e. The third kappa shape index (κ3) is 6.47. The molecule has 2 aromatic rings. The van der Waals surface area contributed by atoms with Gasteiger partial charge in [0.05, 0.1) is 17.3 Å². The first-order valence-electron chi connectivity index (χ1n) is 9.02. The normalized spacial score (nSPS) is 11.5. The van der Waals surface area contributed by atoms with Gasteiger partial charge in [0.1, 0.15) is 5.75 Å². The van der Waals surface area contributed by atoms with Crippen LogP contribution in [0.25, 0.3) is 0 Å². The van der Waals surface area contributed by atoms with Gasteiger partial charge in [0.2, 0.25) is 0 Å². The predicted octanol–water partition coefficient (Wildman–Crippen LogP) is 5.14. The fourth-order valence-corrected chi connectivity index (χ4v) is 3.21. The largest absolute Gasteiger partial charge is 0.503 e. The third-order valence-electron chi connectivity index (χ3n) is 3.96. The molecule has 0 aromatic heterocycles. The SMILES string of the molecule is CCOc1cc(C=NNC(=O)COc2ccc(C(C)(C)C)cc2)c(Br)c(Br)c1O. The molecule has 2 aromatic carbocycles. The highest BCUT2D eigenvalue weighted by molar-refractivity contribution is 9.13. The number of phenols is 1. The highest BCUT2D eigenvalue weighted by atomic mass is 79.9. The lowest BCUT2D eigenvalue weighted by Crippen LogP contribution is -2.24. The molecule has 0 fully saturated rings. The van der Waals surface area contributed by atoms with Gasteiger partial charge in [-0.2, -0.15) is 5.10 Å². The quantitative estimate of drug-likeness (QED) is 0.386. The summed E-state index contributed by atoms with van der Waals surface area (Å²) in [7, 11) is 0. The Kier molecular flexibility index (Phi) is 8.10. The Morgan fingerprint density at radius 3 is 2.41 bits per heavy atom. The van der Waals surface area contributed by atoms with E-state index in [1.54, 1.807) is 6.07 Å². The first-order valence-corrected chi connectivity index (χ1v) is 10.6. The van der Waals surface area contributed by atoms with Crippen LogP contribution in [0.3, 0.4) is 0 Å². The lowest BCUT2D eigenvalue weighted by atomic mass is 9.87. The molecule has 0 saturated carbocycles. The van der Waals surface area contributed by atoms with Crippen molar-refractivity contribution >= 4 is 44.0 Å². The van der Waals surface area contributed by atoms with E-state index in [4.69, 9.17) is 9.47 Å². The van der Waals surface area contributed by atoms with Gasteiger partial charge in [0, 0.05) is 10.0 Å². The van der Waals surface area contributed by atoms with Crippen LogP contribution in [0.4, 0.5) is 0 Å². The Bertz CT molecular complexity index is 891. The first-order chi connectivity index (χ1) is 13.6. The first kappa shape index (κ1) is 23.2. The summed E-state index contributed by atoms with van der Waals surface area (Å²) in [4.78, 5) is 12.0.